The van der Waals surface area contributed by atoms with E-state index in [-0.39, 0.29) is 5.78 Å². The lowest BCUT2D eigenvalue weighted by molar-refractivity contribution is 0.0981. The first kappa shape index (κ1) is 12.6. The number of rotatable bonds is 3. The predicted molar refractivity (Wildman–Crippen MR) is 87.7 cm³/mol. The molecule has 4 rings (SSSR count). The Balaban J connectivity index is 2.03. The summed E-state index contributed by atoms with van der Waals surface area (Å²) in [4.78, 5) is 12.4. The molecule has 104 valence electrons. The Morgan fingerprint density at radius 3 is 2.86 bits per heavy atom. The van der Waals surface area contributed by atoms with Crippen LogP contribution < -0.4 is 0 Å². The zero-order chi connectivity index (χ0) is 14.4. The summed E-state index contributed by atoms with van der Waals surface area (Å²) in [5.41, 5.74) is 6.25. The Kier molecular flexibility index (Phi) is 2.81. The Morgan fingerprint density at radius 1 is 1.14 bits per heavy atom. The van der Waals surface area contributed by atoms with Gasteiger partial charge in [-0.1, -0.05) is 49.4 Å². The van der Waals surface area contributed by atoms with Crippen molar-refractivity contribution >= 4 is 22.1 Å². The molecule has 0 N–H and O–H groups in total. The Bertz CT molecular complexity index is 821. The van der Waals surface area contributed by atoms with Crippen LogP contribution in [0, 0.1) is 0 Å². The van der Waals surface area contributed by atoms with Crippen molar-refractivity contribution in [3.8, 4) is 0 Å². The highest BCUT2D eigenvalue weighted by molar-refractivity contribution is 6.08. The van der Waals surface area contributed by atoms with Crippen molar-refractivity contribution in [3.05, 3.63) is 64.7 Å². The standard InChI is InChI=1S/C20H18O/c1-2-4-18(21)16-11-9-15-8-7-13-5-3-6-14-10-12-17(16)20(15)19(13)14/h3,6-11H,2,4-5,12H2,1H3. The molecule has 1 heteroatoms. The van der Waals surface area contributed by atoms with Crippen molar-refractivity contribution < 1.29 is 4.79 Å². The summed E-state index contributed by atoms with van der Waals surface area (Å²) in [6, 6.07) is 8.58. The van der Waals surface area contributed by atoms with Crippen LogP contribution in [0.3, 0.4) is 0 Å². The summed E-state index contributed by atoms with van der Waals surface area (Å²) in [7, 11) is 0. The number of ketones is 1. The van der Waals surface area contributed by atoms with Crippen LogP contribution in [0.25, 0.3) is 16.3 Å². The quantitative estimate of drug-likeness (QED) is 0.729. The smallest absolute Gasteiger partial charge is 0.163 e. The van der Waals surface area contributed by atoms with E-state index in [4.69, 9.17) is 0 Å². The average molecular weight is 274 g/mol. The minimum absolute atomic E-state index is 0.287. The topological polar surface area (TPSA) is 17.1 Å². The number of hydrogen-bond donors (Lipinski definition) is 0. The Morgan fingerprint density at radius 2 is 2.00 bits per heavy atom. The molecule has 0 saturated heterocycles. The fourth-order valence-electron chi connectivity index (χ4n) is 3.65. The van der Waals surface area contributed by atoms with E-state index in [9.17, 15) is 4.79 Å². The molecule has 0 bridgehead atoms. The van der Waals surface area contributed by atoms with E-state index < -0.39 is 0 Å². The number of allylic oxidation sites excluding steroid dienone is 4. The van der Waals surface area contributed by atoms with Gasteiger partial charge in [0.1, 0.15) is 0 Å². The minimum atomic E-state index is 0.287. The summed E-state index contributed by atoms with van der Waals surface area (Å²) >= 11 is 0. The summed E-state index contributed by atoms with van der Waals surface area (Å²) in [5.74, 6) is 0.287. The normalized spacial score (nSPS) is 15.2. The highest BCUT2D eigenvalue weighted by Crippen LogP contribution is 2.40. The van der Waals surface area contributed by atoms with Crippen molar-refractivity contribution in [3.63, 3.8) is 0 Å². The summed E-state index contributed by atoms with van der Waals surface area (Å²) < 4.78 is 0. The predicted octanol–water partition coefficient (Wildman–Crippen LogP) is 4.87. The lowest BCUT2D eigenvalue weighted by Crippen LogP contribution is -2.09. The maximum absolute atomic E-state index is 12.4. The Hall–Kier alpha value is -2.15. The molecular weight excluding hydrogens is 256 g/mol. The molecule has 0 amide bonds. The maximum atomic E-state index is 12.4. The largest absolute Gasteiger partial charge is 0.294 e. The molecule has 0 saturated carbocycles. The third-order valence-corrected chi connectivity index (χ3v) is 4.61. The molecule has 0 aliphatic heterocycles. The van der Waals surface area contributed by atoms with E-state index in [1.54, 1.807) is 0 Å². The number of Topliss-reactive ketones (excluding diaryl/α,β-unsaturated/α-hetero) is 1. The second-order valence-electron chi connectivity index (χ2n) is 5.93. The zero-order valence-electron chi connectivity index (χ0n) is 12.3. The van der Waals surface area contributed by atoms with Gasteiger partial charge in [0.2, 0.25) is 0 Å². The molecule has 0 fully saturated rings. The second kappa shape index (κ2) is 4.70. The average Bonchev–Trinajstić information content (AvgIpc) is 2.52. The number of carbonyl (C=O) groups excluding carboxylic acids is 1. The van der Waals surface area contributed by atoms with Gasteiger partial charge in [-0.3, -0.25) is 4.79 Å². The van der Waals surface area contributed by atoms with Gasteiger partial charge in [0.05, 0.1) is 0 Å². The van der Waals surface area contributed by atoms with Crippen LogP contribution in [0.5, 0.6) is 0 Å². The molecule has 2 aromatic rings. The van der Waals surface area contributed by atoms with Gasteiger partial charge in [0, 0.05) is 12.0 Å². The molecule has 0 radical (unpaired) electrons. The lowest BCUT2D eigenvalue weighted by atomic mass is 9.79. The number of carbonyl (C=O) groups is 1. The summed E-state index contributed by atoms with van der Waals surface area (Å²) in [5, 5.41) is 2.58. The first-order valence-corrected chi connectivity index (χ1v) is 7.77. The van der Waals surface area contributed by atoms with Crippen molar-refractivity contribution in [1.82, 2.24) is 0 Å². The van der Waals surface area contributed by atoms with Gasteiger partial charge >= 0.3 is 0 Å². The van der Waals surface area contributed by atoms with E-state index >= 15 is 0 Å². The van der Waals surface area contributed by atoms with Gasteiger partial charge < -0.3 is 0 Å². The number of hydrogen-bond acceptors (Lipinski definition) is 1. The third-order valence-electron chi connectivity index (χ3n) is 4.61. The molecule has 1 nitrogen and oxygen atoms in total. The lowest BCUT2D eigenvalue weighted by Gasteiger charge is -2.24. The molecule has 21 heavy (non-hydrogen) atoms. The first-order chi connectivity index (χ1) is 10.3. The molecule has 0 spiro atoms. The van der Waals surface area contributed by atoms with E-state index in [2.05, 4.69) is 43.4 Å². The van der Waals surface area contributed by atoms with Crippen molar-refractivity contribution in [2.75, 3.05) is 0 Å². The van der Waals surface area contributed by atoms with Crippen molar-refractivity contribution in [1.29, 1.82) is 0 Å². The Labute approximate surface area is 125 Å². The van der Waals surface area contributed by atoms with Crippen LogP contribution in [-0.4, -0.2) is 5.78 Å². The molecule has 2 aromatic carbocycles. The molecule has 0 heterocycles. The van der Waals surface area contributed by atoms with Crippen molar-refractivity contribution in [2.24, 2.45) is 0 Å². The van der Waals surface area contributed by atoms with Crippen LogP contribution in [0.4, 0.5) is 0 Å². The molecule has 0 atom stereocenters. The van der Waals surface area contributed by atoms with E-state index in [1.807, 2.05) is 6.07 Å². The molecule has 2 aliphatic rings. The maximum Gasteiger partial charge on any atom is 0.163 e. The highest BCUT2D eigenvalue weighted by Gasteiger charge is 2.22. The molecular formula is C20H18O. The van der Waals surface area contributed by atoms with Gasteiger partial charge in [-0.05, 0) is 52.3 Å². The summed E-state index contributed by atoms with van der Waals surface area (Å²) in [6.07, 6.45) is 10.2. The van der Waals surface area contributed by atoms with E-state index in [0.29, 0.717) is 6.42 Å². The highest BCUT2D eigenvalue weighted by atomic mass is 16.1. The molecule has 0 unspecified atom stereocenters. The number of benzene rings is 2. The molecule has 0 aromatic heterocycles. The fourth-order valence-corrected chi connectivity index (χ4v) is 3.65. The van der Waals surface area contributed by atoms with Crippen LogP contribution in [0.2, 0.25) is 0 Å². The summed E-state index contributed by atoms with van der Waals surface area (Å²) in [6.45, 7) is 2.06. The minimum Gasteiger partial charge on any atom is -0.294 e. The van der Waals surface area contributed by atoms with Gasteiger partial charge in [0.25, 0.3) is 0 Å². The van der Waals surface area contributed by atoms with Crippen LogP contribution in [0.1, 0.15) is 46.8 Å². The zero-order valence-corrected chi connectivity index (χ0v) is 12.3. The van der Waals surface area contributed by atoms with Gasteiger partial charge in [-0.15, -0.1) is 0 Å². The van der Waals surface area contributed by atoms with E-state index in [0.717, 1.165) is 24.8 Å². The van der Waals surface area contributed by atoms with Gasteiger partial charge in [0.15, 0.2) is 5.78 Å². The monoisotopic (exact) mass is 274 g/mol. The van der Waals surface area contributed by atoms with Gasteiger partial charge in [-0.2, -0.15) is 0 Å². The second-order valence-corrected chi connectivity index (χ2v) is 5.93. The third kappa shape index (κ3) is 1.80. The van der Waals surface area contributed by atoms with Crippen LogP contribution in [0.15, 0.2) is 42.5 Å². The van der Waals surface area contributed by atoms with Crippen LogP contribution in [-0.2, 0) is 12.8 Å². The van der Waals surface area contributed by atoms with Gasteiger partial charge in [-0.25, -0.2) is 0 Å². The fraction of sp³-hybridized carbons (Fsp3) is 0.250. The van der Waals surface area contributed by atoms with E-state index in [1.165, 1.54) is 33.0 Å². The first-order valence-electron chi connectivity index (χ1n) is 7.77. The molecule has 2 aliphatic carbocycles. The van der Waals surface area contributed by atoms with Crippen LogP contribution >= 0.6 is 0 Å². The SMILES string of the molecule is CCCC(=O)c1ccc2ccc3c4c2c1CC=C4C=CC3. The van der Waals surface area contributed by atoms with Crippen molar-refractivity contribution in [2.45, 2.75) is 32.6 Å².